The summed E-state index contributed by atoms with van der Waals surface area (Å²) in [5.41, 5.74) is 2.07. The fourth-order valence-corrected chi connectivity index (χ4v) is 5.22. The van der Waals surface area contributed by atoms with Gasteiger partial charge in [0.2, 0.25) is 24.1 Å². The molecule has 2 N–H and O–H groups in total. The summed E-state index contributed by atoms with van der Waals surface area (Å²) in [5.74, 6) is -0.576. The van der Waals surface area contributed by atoms with Crippen molar-refractivity contribution in [1.82, 2.24) is 20.4 Å². The van der Waals surface area contributed by atoms with Gasteiger partial charge in [0, 0.05) is 26.1 Å². The summed E-state index contributed by atoms with van der Waals surface area (Å²) in [6.45, 7) is 1.48. The number of hydrogen-bond donors (Lipinski definition) is 2. The number of carbonyl (C=O) groups excluding carboxylic acids is 4. The highest BCUT2D eigenvalue weighted by molar-refractivity contribution is 5.94. The molecule has 3 atom stereocenters. The van der Waals surface area contributed by atoms with Crippen LogP contribution in [0.5, 0.6) is 0 Å². The molecule has 190 valence electrons. The van der Waals surface area contributed by atoms with Crippen LogP contribution in [0.15, 0.2) is 60.7 Å². The first-order chi connectivity index (χ1) is 17.6. The highest BCUT2D eigenvalue weighted by Crippen LogP contribution is 2.26. The van der Waals surface area contributed by atoms with Gasteiger partial charge in [-0.3, -0.25) is 19.2 Å². The Labute approximate surface area is 212 Å². The molecule has 0 bridgehead atoms. The lowest BCUT2D eigenvalue weighted by molar-refractivity contribution is -0.147. The molecule has 2 aromatic rings. The topological polar surface area (TPSA) is 98.8 Å². The second-order valence-electron chi connectivity index (χ2n) is 9.43. The third kappa shape index (κ3) is 6.11. The maximum absolute atomic E-state index is 13.6. The van der Waals surface area contributed by atoms with Crippen molar-refractivity contribution in [3.8, 4) is 0 Å². The van der Waals surface area contributed by atoms with E-state index in [4.69, 9.17) is 0 Å². The van der Waals surface area contributed by atoms with E-state index in [9.17, 15) is 19.2 Å². The van der Waals surface area contributed by atoms with E-state index in [0.717, 1.165) is 24.0 Å². The van der Waals surface area contributed by atoms with Crippen molar-refractivity contribution in [2.45, 2.75) is 56.7 Å². The number of carbonyl (C=O) groups is 4. The number of benzene rings is 2. The van der Waals surface area contributed by atoms with Gasteiger partial charge in [0.25, 0.3) is 0 Å². The standard InChI is InChI=1S/C28H34N4O4/c33-20-30-23(19-22-11-5-2-6-12-22)27(35)32-18-8-14-25(32)28(36)31-17-7-13-24(31)26(34)29-16-15-21-9-3-1-4-10-21/h1-6,9-12,20,23-25H,7-8,13-19H2,(H,29,34)(H,30,33)/t23-,24-,25-/m0/s1. The molecule has 8 heteroatoms. The minimum Gasteiger partial charge on any atom is -0.354 e. The van der Waals surface area contributed by atoms with Gasteiger partial charge in [0.15, 0.2) is 0 Å². The van der Waals surface area contributed by atoms with Gasteiger partial charge in [-0.05, 0) is 43.2 Å². The molecule has 4 rings (SSSR count). The van der Waals surface area contributed by atoms with E-state index in [1.807, 2.05) is 60.7 Å². The summed E-state index contributed by atoms with van der Waals surface area (Å²) in [6, 6.07) is 17.6. The SMILES string of the molecule is O=CN[C@@H](Cc1ccccc1)C(=O)N1CCC[C@H]1C(=O)N1CCC[C@H]1C(=O)NCCc1ccccc1. The first kappa shape index (κ1) is 25.4. The summed E-state index contributed by atoms with van der Waals surface area (Å²) >= 11 is 0. The van der Waals surface area contributed by atoms with Crippen molar-refractivity contribution in [2.24, 2.45) is 0 Å². The maximum atomic E-state index is 13.6. The van der Waals surface area contributed by atoms with Gasteiger partial charge < -0.3 is 20.4 Å². The average molecular weight is 491 g/mol. The molecule has 2 fully saturated rings. The molecule has 0 saturated carbocycles. The molecule has 0 unspecified atom stereocenters. The fraction of sp³-hybridized carbons (Fsp3) is 0.429. The van der Waals surface area contributed by atoms with E-state index in [1.54, 1.807) is 9.80 Å². The van der Waals surface area contributed by atoms with Crippen molar-refractivity contribution >= 4 is 24.1 Å². The van der Waals surface area contributed by atoms with E-state index in [1.165, 1.54) is 0 Å². The van der Waals surface area contributed by atoms with Gasteiger partial charge >= 0.3 is 0 Å². The largest absolute Gasteiger partial charge is 0.354 e. The van der Waals surface area contributed by atoms with Gasteiger partial charge in [-0.2, -0.15) is 0 Å². The fourth-order valence-electron chi connectivity index (χ4n) is 5.22. The van der Waals surface area contributed by atoms with Crippen molar-refractivity contribution in [3.05, 3.63) is 71.8 Å². The minimum absolute atomic E-state index is 0.141. The second-order valence-corrected chi connectivity index (χ2v) is 9.43. The first-order valence-electron chi connectivity index (χ1n) is 12.7. The highest BCUT2D eigenvalue weighted by Gasteiger charge is 2.43. The number of hydrogen-bond acceptors (Lipinski definition) is 4. The Kier molecular flexibility index (Phi) is 8.71. The molecular weight excluding hydrogens is 456 g/mol. The van der Waals surface area contributed by atoms with Crippen LogP contribution in [0, 0.1) is 0 Å². The predicted molar refractivity (Wildman–Crippen MR) is 136 cm³/mol. The second kappa shape index (κ2) is 12.3. The van der Waals surface area contributed by atoms with Crippen LogP contribution in [0.4, 0.5) is 0 Å². The summed E-state index contributed by atoms with van der Waals surface area (Å²) in [4.78, 5) is 54.4. The zero-order valence-electron chi connectivity index (χ0n) is 20.5. The van der Waals surface area contributed by atoms with Crippen LogP contribution in [-0.4, -0.2) is 71.7 Å². The number of rotatable bonds is 10. The van der Waals surface area contributed by atoms with Crippen LogP contribution in [0.3, 0.4) is 0 Å². The van der Waals surface area contributed by atoms with E-state index in [0.29, 0.717) is 51.7 Å². The maximum Gasteiger partial charge on any atom is 0.246 e. The summed E-state index contributed by atoms with van der Waals surface area (Å²) in [7, 11) is 0. The Morgan fingerprint density at radius 1 is 0.861 bits per heavy atom. The molecule has 36 heavy (non-hydrogen) atoms. The summed E-state index contributed by atoms with van der Waals surface area (Å²) in [5, 5.41) is 5.62. The van der Waals surface area contributed by atoms with E-state index in [2.05, 4.69) is 10.6 Å². The van der Waals surface area contributed by atoms with Gasteiger partial charge in [0.1, 0.15) is 18.1 Å². The quantitative estimate of drug-likeness (QED) is 0.495. The normalized spacial score (nSPS) is 20.1. The Bertz CT molecular complexity index is 1050. The van der Waals surface area contributed by atoms with Gasteiger partial charge in [-0.15, -0.1) is 0 Å². The Hall–Kier alpha value is -3.68. The summed E-state index contributed by atoms with van der Waals surface area (Å²) < 4.78 is 0. The summed E-state index contributed by atoms with van der Waals surface area (Å²) in [6.07, 6.45) is 4.26. The molecule has 2 aliphatic heterocycles. The van der Waals surface area contributed by atoms with Crippen LogP contribution in [-0.2, 0) is 32.0 Å². The molecule has 0 aromatic heterocycles. The van der Waals surface area contributed by atoms with Crippen molar-refractivity contribution in [2.75, 3.05) is 19.6 Å². The zero-order chi connectivity index (χ0) is 25.3. The number of likely N-dealkylation sites (tertiary alicyclic amines) is 2. The molecular formula is C28H34N4O4. The smallest absolute Gasteiger partial charge is 0.246 e. The highest BCUT2D eigenvalue weighted by atomic mass is 16.2. The van der Waals surface area contributed by atoms with Crippen LogP contribution >= 0.6 is 0 Å². The molecule has 0 aliphatic carbocycles. The van der Waals surface area contributed by atoms with Crippen LogP contribution in [0.25, 0.3) is 0 Å². The predicted octanol–water partition coefficient (Wildman–Crippen LogP) is 1.68. The molecule has 4 amide bonds. The van der Waals surface area contributed by atoms with Crippen LogP contribution < -0.4 is 10.6 Å². The van der Waals surface area contributed by atoms with Crippen LogP contribution in [0.1, 0.15) is 36.8 Å². The molecule has 0 spiro atoms. The Balaban J connectivity index is 1.38. The lowest BCUT2D eigenvalue weighted by Gasteiger charge is -2.32. The molecule has 2 aliphatic rings. The van der Waals surface area contributed by atoms with Gasteiger partial charge in [-0.1, -0.05) is 60.7 Å². The molecule has 0 radical (unpaired) electrons. The van der Waals surface area contributed by atoms with Crippen molar-refractivity contribution < 1.29 is 19.2 Å². The van der Waals surface area contributed by atoms with Crippen LogP contribution in [0.2, 0.25) is 0 Å². The van der Waals surface area contributed by atoms with Crippen molar-refractivity contribution in [1.29, 1.82) is 0 Å². The first-order valence-corrected chi connectivity index (χ1v) is 12.7. The van der Waals surface area contributed by atoms with Crippen molar-refractivity contribution in [3.63, 3.8) is 0 Å². The molecule has 8 nitrogen and oxygen atoms in total. The number of nitrogens with one attached hydrogen (secondary N) is 2. The van der Waals surface area contributed by atoms with E-state index in [-0.39, 0.29) is 17.7 Å². The monoisotopic (exact) mass is 490 g/mol. The van der Waals surface area contributed by atoms with E-state index >= 15 is 0 Å². The Morgan fingerprint density at radius 2 is 1.47 bits per heavy atom. The van der Waals surface area contributed by atoms with Gasteiger partial charge in [-0.25, -0.2) is 0 Å². The lowest BCUT2D eigenvalue weighted by Crippen LogP contribution is -2.56. The minimum atomic E-state index is -0.742. The van der Waals surface area contributed by atoms with Gasteiger partial charge in [0.05, 0.1) is 0 Å². The molecule has 2 heterocycles. The number of nitrogens with zero attached hydrogens (tertiary/aromatic N) is 2. The lowest BCUT2D eigenvalue weighted by atomic mass is 10.0. The third-order valence-corrected chi connectivity index (χ3v) is 7.07. The third-order valence-electron chi connectivity index (χ3n) is 7.07. The number of amides is 4. The Morgan fingerprint density at radius 3 is 2.14 bits per heavy atom. The molecule has 2 saturated heterocycles. The molecule has 2 aromatic carbocycles. The average Bonchev–Trinajstić information content (AvgIpc) is 3.59. The zero-order valence-corrected chi connectivity index (χ0v) is 20.5. The van der Waals surface area contributed by atoms with E-state index < -0.39 is 18.1 Å².